The minimum Gasteiger partial charge on any atom is -0.462 e. The van der Waals surface area contributed by atoms with E-state index in [0.29, 0.717) is 0 Å². The van der Waals surface area contributed by atoms with Crippen molar-refractivity contribution in [1.82, 2.24) is 0 Å². The smallest absolute Gasteiger partial charge is 0.338 e. The third-order valence-corrected chi connectivity index (χ3v) is 5.20. The highest BCUT2D eigenvalue weighted by Crippen LogP contribution is 2.34. The lowest BCUT2D eigenvalue weighted by molar-refractivity contribution is -0.118. The third-order valence-electron chi connectivity index (χ3n) is 3.34. The number of benzene rings is 1. The molecule has 0 fully saturated rings. The van der Waals surface area contributed by atoms with Gasteiger partial charge in [-0.1, -0.05) is 40.9 Å². The molecule has 1 aromatic carbocycles. The molecule has 0 spiro atoms. The summed E-state index contributed by atoms with van der Waals surface area (Å²) in [5.41, 5.74) is 0.403. The number of hydrogen-bond acceptors (Lipinski definition) is 5. The fourth-order valence-electron chi connectivity index (χ4n) is 2.31. The maximum Gasteiger partial charge on any atom is 0.338 e. The first-order valence-electron chi connectivity index (χ1n) is 7.13. The number of alkyl halides is 3. The lowest BCUT2D eigenvalue weighted by atomic mass is 10.1. The van der Waals surface area contributed by atoms with Crippen molar-refractivity contribution in [2.24, 2.45) is 0 Å². The largest absolute Gasteiger partial charge is 0.462 e. The summed E-state index contributed by atoms with van der Waals surface area (Å²) < 4.78 is 26.1. The zero-order valence-electron chi connectivity index (χ0n) is 13.0. The van der Waals surface area contributed by atoms with Crippen molar-refractivity contribution >= 4 is 62.2 Å². The second-order valence-electron chi connectivity index (χ2n) is 5.17. The van der Waals surface area contributed by atoms with E-state index in [1.165, 1.54) is 30.3 Å². The van der Waals surface area contributed by atoms with Gasteiger partial charge in [-0.25, -0.2) is 13.2 Å². The summed E-state index contributed by atoms with van der Waals surface area (Å²) >= 11 is 17.1. The van der Waals surface area contributed by atoms with Crippen molar-refractivity contribution in [3.05, 3.63) is 41.3 Å². The molecule has 1 aromatic rings. The van der Waals surface area contributed by atoms with Gasteiger partial charge in [-0.2, -0.15) is 0 Å². The van der Waals surface area contributed by atoms with Crippen LogP contribution in [0.15, 0.2) is 35.7 Å². The highest BCUT2D eigenvalue weighted by Gasteiger charge is 2.41. The summed E-state index contributed by atoms with van der Waals surface area (Å²) in [6, 6.07) is 5.06. The fourth-order valence-corrected chi connectivity index (χ4v) is 3.85. The van der Waals surface area contributed by atoms with Crippen molar-refractivity contribution in [3.8, 4) is 0 Å². The number of esters is 1. The zero-order valence-corrected chi connectivity index (χ0v) is 16.1. The number of halogens is 3. The number of hydrogen-bond donors (Lipinski definition) is 0. The molecule has 1 heterocycles. The van der Waals surface area contributed by atoms with Crippen LogP contribution in [-0.2, 0) is 19.4 Å². The van der Waals surface area contributed by atoms with Gasteiger partial charge >= 0.3 is 5.97 Å². The van der Waals surface area contributed by atoms with Gasteiger partial charge in [0.1, 0.15) is 0 Å². The maximum absolute atomic E-state index is 12.6. The van der Waals surface area contributed by atoms with Crippen molar-refractivity contribution in [1.29, 1.82) is 0 Å². The normalized spacial score (nSPS) is 18.8. The van der Waals surface area contributed by atoms with E-state index in [4.69, 9.17) is 39.5 Å². The highest BCUT2D eigenvalue weighted by molar-refractivity contribution is 7.94. The van der Waals surface area contributed by atoms with E-state index in [9.17, 15) is 18.0 Å². The van der Waals surface area contributed by atoms with Crippen molar-refractivity contribution < 1.29 is 22.7 Å². The van der Waals surface area contributed by atoms with E-state index in [2.05, 4.69) is 0 Å². The van der Waals surface area contributed by atoms with Crippen LogP contribution >= 0.6 is 34.8 Å². The van der Waals surface area contributed by atoms with Gasteiger partial charge in [0, 0.05) is 11.1 Å². The number of rotatable bonds is 4. The first-order chi connectivity index (χ1) is 11.5. The van der Waals surface area contributed by atoms with E-state index < -0.39 is 31.5 Å². The van der Waals surface area contributed by atoms with Gasteiger partial charge in [-0.15, -0.1) is 0 Å². The van der Waals surface area contributed by atoms with Crippen LogP contribution < -0.4 is 4.90 Å². The van der Waals surface area contributed by atoms with Crippen LogP contribution in [0.3, 0.4) is 0 Å². The summed E-state index contributed by atoms with van der Waals surface area (Å²) in [5, 5.41) is 1.01. The number of nitrogens with zero attached hydrogens (tertiary/aromatic N) is 1. The lowest BCUT2D eigenvalue weighted by Gasteiger charge is -2.30. The monoisotopic (exact) mass is 425 g/mol. The van der Waals surface area contributed by atoms with E-state index >= 15 is 0 Å². The highest BCUT2D eigenvalue weighted by atomic mass is 35.6. The second-order valence-corrected chi connectivity index (χ2v) is 9.38. The Bertz CT molecular complexity index is 817. The SMILES string of the molecule is CCOC(=O)c1cccc(N(C(=O)C(Cl)(Cl)Cl)C2C=CS(=O)(=O)C2)c1. The average Bonchev–Trinajstić information content (AvgIpc) is 2.87. The Morgan fingerprint density at radius 3 is 2.52 bits per heavy atom. The predicted octanol–water partition coefficient (Wildman–Crippen LogP) is 2.88. The molecular weight excluding hydrogens is 413 g/mol. The Labute approximate surface area is 160 Å². The van der Waals surface area contributed by atoms with Gasteiger partial charge in [0.05, 0.1) is 24.0 Å². The molecule has 1 amide bonds. The lowest BCUT2D eigenvalue weighted by Crippen LogP contribution is -2.46. The van der Waals surface area contributed by atoms with Crippen LogP contribution in [0, 0.1) is 0 Å². The van der Waals surface area contributed by atoms with Crippen LogP contribution in [-0.4, -0.2) is 42.5 Å². The molecule has 1 atom stereocenters. The van der Waals surface area contributed by atoms with Crippen LogP contribution in [0.4, 0.5) is 5.69 Å². The van der Waals surface area contributed by atoms with Crippen LogP contribution in [0.2, 0.25) is 0 Å². The Morgan fingerprint density at radius 1 is 1.32 bits per heavy atom. The summed E-state index contributed by atoms with van der Waals surface area (Å²) in [7, 11) is -3.46. The molecule has 0 saturated carbocycles. The number of anilines is 1. The van der Waals surface area contributed by atoms with E-state index in [1.54, 1.807) is 6.92 Å². The van der Waals surface area contributed by atoms with E-state index in [-0.39, 0.29) is 23.6 Å². The van der Waals surface area contributed by atoms with E-state index in [1.807, 2.05) is 0 Å². The molecular formula is C15H14Cl3NO5S. The van der Waals surface area contributed by atoms with Gasteiger partial charge < -0.3 is 9.64 Å². The molecule has 0 bridgehead atoms. The summed E-state index contributed by atoms with van der Waals surface area (Å²) in [4.78, 5) is 25.5. The summed E-state index contributed by atoms with van der Waals surface area (Å²) in [6.45, 7) is 1.85. The van der Waals surface area contributed by atoms with Crippen LogP contribution in [0.1, 0.15) is 17.3 Å². The molecule has 6 nitrogen and oxygen atoms in total. The molecule has 0 saturated heterocycles. The Morgan fingerprint density at radius 2 is 2.00 bits per heavy atom. The molecule has 1 unspecified atom stereocenters. The number of carbonyl (C=O) groups is 2. The molecule has 1 aliphatic heterocycles. The second kappa shape index (κ2) is 7.53. The molecule has 2 rings (SSSR count). The Hall–Kier alpha value is -1.28. The zero-order chi connectivity index (χ0) is 18.8. The van der Waals surface area contributed by atoms with Crippen LogP contribution in [0.5, 0.6) is 0 Å². The van der Waals surface area contributed by atoms with Gasteiger partial charge in [0.15, 0.2) is 9.84 Å². The Balaban J connectivity index is 2.46. The number of amides is 1. The average molecular weight is 427 g/mol. The predicted molar refractivity (Wildman–Crippen MR) is 96.9 cm³/mol. The van der Waals surface area contributed by atoms with Crippen molar-refractivity contribution in [2.75, 3.05) is 17.3 Å². The number of carbonyl (C=O) groups excluding carboxylic acids is 2. The fraction of sp³-hybridized carbons (Fsp3) is 0.333. The standard InChI is InChI=1S/C15H14Cl3NO5S/c1-2-24-13(20)10-4-3-5-11(8-10)19(14(21)15(16,17)18)12-6-7-25(22,23)9-12/h3-8,12H,2,9H2,1H3. The van der Waals surface area contributed by atoms with Gasteiger partial charge in [-0.05, 0) is 31.2 Å². The minimum absolute atomic E-state index is 0.184. The van der Waals surface area contributed by atoms with Gasteiger partial charge in [0.25, 0.3) is 9.70 Å². The maximum atomic E-state index is 12.6. The Kier molecular flexibility index (Phi) is 6.04. The quantitative estimate of drug-likeness (QED) is 0.546. The molecule has 0 aliphatic carbocycles. The summed E-state index contributed by atoms with van der Waals surface area (Å²) in [5.74, 6) is -1.85. The van der Waals surface area contributed by atoms with Crippen LogP contribution in [0.25, 0.3) is 0 Å². The van der Waals surface area contributed by atoms with Crippen molar-refractivity contribution in [3.63, 3.8) is 0 Å². The molecule has 1 aliphatic rings. The third kappa shape index (κ3) is 4.88. The van der Waals surface area contributed by atoms with Crippen molar-refractivity contribution in [2.45, 2.75) is 16.8 Å². The van der Waals surface area contributed by atoms with E-state index in [0.717, 1.165) is 10.3 Å². The molecule has 25 heavy (non-hydrogen) atoms. The minimum atomic E-state index is -3.46. The van der Waals surface area contributed by atoms with Gasteiger partial charge in [-0.3, -0.25) is 4.79 Å². The summed E-state index contributed by atoms with van der Waals surface area (Å²) in [6.07, 6.45) is 1.33. The molecule has 10 heteroatoms. The number of ether oxygens (including phenoxy) is 1. The topological polar surface area (TPSA) is 80.8 Å². The molecule has 0 aromatic heterocycles. The van der Waals surface area contributed by atoms with Gasteiger partial charge in [0.2, 0.25) is 0 Å². The molecule has 0 radical (unpaired) electrons. The first-order valence-corrected chi connectivity index (χ1v) is 9.98. The first kappa shape index (κ1) is 20.0. The number of sulfone groups is 1. The molecule has 136 valence electrons. The molecule has 0 N–H and O–H groups in total.